The predicted molar refractivity (Wildman–Crippen MR) is 266 cm³/mol. The third-order valence-electron chi connectivity index (χ3n) is 18.6. The summed E-state index contributed by atoms with van der Waals surface area (Å²) in [6.45, 7) is 40.3. The zero-order chi connectivity index (χ0) is 50.1. The third-order valence-corrected chi connectivity index (χ3v) is 19.4. The van der Waals surface area contributed by atoms with Gasteiger partial charge in [0.15, 0.2) is 36.6 Å². The molecule has 5 fully saturated rings. The van der Waals surface area contributed by atoms with Gasteiger partial charge in [-0.25, -0.2) is 0 Å². The summed E-state index contributed by atoms with van der Waals surface area (Å²) >= 11 is 1.17. The first-order valence-corrected chi connectivity index (χ1v) is 27.9. The smallest absolute Gasteiger partial charge is 0.220 e. The standard InChI is InChI=1S/C54H97NO12S/c1-18-44-33(7)28(2)39(13)51(63-44)59-25-46-35(9)30(4)41(15)53(65-46)61-27-48-37(11)32(6)42(16)54(67-48)62-26-47-36(10)31(5)40(14)52(66-47)60-24-45-34(8)29(3)38(12)50(64-45)58-22-19-21-55-49(57)20-23-68-43(17)56/h28-42,44-48,50-54H,18-27H2,1-17H3,(H,55,57)/t28-,29-,30-,31-,32-,33-,34-,35-,36-,37-,38?,39?,40?,41?,42?,44?,45?,46?,47?,48?,50+,51+,52-,53-,54-/m0/s1. The summed E-state index contributed by atoms with van der Waals surface area (Å²) in [6.07, 6.45) is -0.140. The van der Waals surface area contributed by atoms with Crippen LogP contribution in [0.1, 0.15) is 137 Å². The summed E-state index contributed by atoms with van der Waals surface area (Å²) in [6, 6.07) is 0. The lowest BCUT2D eigenvalue weighted by Gasteiger charge is -2.47. The van der Waals surface area contributed by atoms with Crippen LogP contribution in [0.5, 0.6) is 0 Å². The number of nitrogens with one attached hydrogen (secondary N) is 1. The summed E-state index contributed by atoms with van der Waals surface area (Å²) in [5.41, 5.74) is 0. The second kappa shape index (κ2) is 26.9. The van der Waals surface area contributed by atoms with Gasteiger partial charge in [0.2, 0.25) is 5.91 Å². The fourth-order valence-electron chi connectivity index (χ4n) is 11.2. The van der Waals surface area contributed by atoms with E-state index in [1.54, 1.807) is 0 Å². The van der Waals surface area contributed by atoms with Crippen LogP contribution in [0.2, 0.25) is 0 Å². The molecule has 396 valence electrons. The predicted octanol–water partition coefficient (Wildman–Crippen LogP) is 9.82. The first-order valence-electron chi connectivity index (χ1n) is 26.9. The molecular formula is C54H97NO12S. The molecular weight excluding hydrogens is 887 g/mol. The van der Waals surface area contributed by atoms with Gasteiger partial charge >= 0.3 is 0 Å². The van der Waals surface area contributed by atoms with Gasteiger partial charge in [-0.05, 0) is 72.0 Å². The van der Waals surface area contributed by atoms with Crippen molar-refractivity contribution < 1.29 is 57.0 Å². The molecule has 1 amide bonds. The second-order valence-corrected chi connectivity index (χ2v) is 23.8. The molecule has 0 aromatic heterocycles. The number of hydrogen-bond donors (Lipinski definition) is 1. The number of thioether (sulfide) groups is 1. The zero-order valence-corrected chi connectivity index (χ0v) is 46.1. The molecule has 5 aliphatic rings. The van der Waals surface area contributed by atoms with Gasteiger partial charge in [-0.3, -0.25) is 9.59 Å². The molecule has 0 saturated carbocycles. The van der Waals surface area contributed by atoms with Crippen molar-refractivity contribution >= 4 is 22.8 Å². The highest BCUT2D eigenvalue weighted by molar-refractivity contribution is 8.13. The molecule has 25 atom stereocenters. The second-order valence-electron chi connectivity index (χ2n) is 22.5. The molecule has 5 aliphatic heterocycles. The Kier molecular flexibility index (Phi) is 22.9. The van der Waals surface area contributed by atoms with Crippen molar-refractivity contribution in [1.82, 2.24) is 5.32 Å². The van der Waals surface area contributed by atoms with E-state index in [1.807, 2.05) is 0 Å². The molecule has 0 aliphatic carbocycles. The zero-order valence-electron chi connectivity index (χ0n) is 45.3. The summed E-state index contributed by atoms with van der Waals surface area (Å²) in [5.74, 6) is 5.11. The highest BCUT2D eigenvalue weighted by Gasteiger charge is 2.47. The molecule has 5 heterocycles. The van der Waals surface area contributed by atoms with Gasteiger partial charge < -0.3 is 52.7 Å². The molecule has 1 N–H and O–H groups in total. The Morgan fingerprint density at radius 3 is 1.03 bits per heavy atom. The Bertz CT molecular complexity index is 1530. The van der Waals surface area contributed by atoms with Crippen molar-refractivity contribution in [2.24, 2.45) is 88.8 Å². The van der Waals surface area contributed by atoms with E-state index < -0.39 is 12.6 Å². The van der Waals surface area contributed by atoms with Crippen molar-refractivity contribution in [1.29, 1.82) is 0 Å². The van der Waals surface area contributed by atoms with Crippen LogP contribution in [0.25, 0.3) is 0 Å². The van der Waals surface area contributed by atoms with Crippen LogP contribution in [0, 0.1) is 88.8 Å². The lowest BCUT2D eigenvalue weighted by Crippen LogP contribution is -2.53. The van der Waals surface area contributed by atoms with Crippen molar-refractivity contribution in [3.05, 3.63) is 0 Å². The number of carbonyl (C=O) groups is 2. The third kappa shape index (κ3) is 14.7. The molecule has 0 spiro atoms. The van der Waals surface area contributed by atoms with Gasteiger partial charge in [0.25, 0.3) is 0 Å². The maximum absolute atomic E-state index is 12.1. The quantitative estimate of drug-likeness (QED) is 0.109. The number of carbonyl (C=O) groups excluding carboxylic acids is 2. The Hall–Kier alpha value is -0.910. The SMILES string of the molecule is CCC1O[C@@H](OCC2O[C@H](OCC3O[C@H](OCC4O[C@H](OCC5O[C@@H](OCCCNC(=O)CCSC(C)=O)C(C)[C@@H](C)[C@@H]5C)C(C)[C@@H](C)[C@@H]4C)C(C)[C@@H](C)[C@@H]3C)C(C)[C@@H](C)[C@@H]2C)C(C)[C@@H](C)[C@@H]1C. The monoisotopic (exact) mass is 984 g/mol. The van der Waals surface area contributed by atoms with Gasteiger partial charge in [0.05, 0.1) is 63.6 Å². The molecule has 0 aromatic rings. The van der Waals surface area contributed by atoms with Crippen molar-refractivity contribution in [3.63, 3.8) is 0 Å². The first kappa shape index (κ1) is 58.0. The van der Waals surface area contributed by atoms with Crippen molar-refractivity contribution in [3.8, 4) is 0 Å². The molecule has 13 nitrogen and oxygen atoms in total. The molecule has 0 aromatic carbocycles. The molecule has 68 heavy (non-hydrogen) atoms. The van der Waals surface area contributed by atoms with E-state index in [2.05, 4.69) is 116 Å². The van der Waals surface area contributed by atoms with Crippen LogP contribution in [-0.2, 0) is 57.0 Å². The number of hydrogen-bond acceptors (Lipinski definition) is 13. The highest BCUT2D eigenvalue weighted by atomic mass is 32.2. The van der Waals surface area contributed by atoms with Crippen LogP contribution < -0.4 is 5.32 Å². The summed E-state index contributed by atoms with van der Waals surface area (Å²) in [7, 11) is 0. The van der Waals surface area contributed by atoms with E-state index in [4.69, 9.17) is 47.4 Å². The molecule has 5 saturated heterocycles. The van der Waals surface area contributed by atoms with E-state index >= 15 is 0 Å². The summed E-state index contributed by atoms with van der Waals surface area (Å²) in [4.78, 5) is 23.3. The molecule has 0 radical (unpaired) electrons. The Balaban J connectivity index is 1.10. The van der Waals surface area contributed by atoms with Gasteiger partial charge in [-0.15, -0.1) is 0 Å². The van der Waals surface area contributed by atoms with E-state index in [0.717, 1.165) is 6.42 Å². The fraction of sp³-hybridized carbons (Fsp3) is 0.963. The van der Waals surface area contributed by atoms with Gasteiger partial charge in [0.1, 0.15) is 0 Å². The highest BCUT2D eigenvalue weighted by Crippen LogP contribution is 2.43. The molecule has 0 bridgehead atoms. The Morgan fingerprint density at radius 2 is 0.721 bits per heavy atom. The van der Waals surface area contributed by atoms with E-state index in [-0.39, 0.29) is 102 Å². The van der Waals surface area contributed by atoms with Crippen LogP contribution in [0.15, 0.2) is 0 Å². The van der Waals surface area contributed by atoms with E-state index in [0.29, 0.717) is 106 Å². The summed E-state index contributed by atoms with van der Waals surface area (Å²) < 4.78 is 66.3. The minimum Gasteiger partial charge on any atom is -0.356 e. The van der Waals surface area contributed by atoms with Crippen LogP contribution in [-0.4, -0.2) is 118 Å². The molecule has 5 rings (SSSR count). The lowest BCUT2D eigenvalue weighted by atomic mass is 9.78. The lowest BCUT2D eigenvalue weighted by molar-refractivity contribution is -0.315. The average Bonchev–Trinajstić information content (AvgIpc) is 3.31. The largest absolute Gasteiger partial charge is 0.356 e. The van der Waals surface area contributed by atoms with Crippen molar-refractivity contribution in [2.45, 2.75) is 199 Å². The fourth-order valence-corrected chi connectivity index (χ4v) is 11.8. The van der Waals surface area contributed by atoms with Gasteiger partial charge in [-0.2, -0.15) is 0 Å². The van der Waals surface area contributed by atoms with Gasteiger partial charge in [0, 0.05) is 55.2 Å². The first-order chi connectivity index (χ1) is 32.2. The number of rotatable bonds is 21. The van der Waals surface area contributed by atoms with Crippen LogP contribution >= 0.6 is 11.8 Å². The van der Waals surface area contributed by atoms with Crippen LogP contribution in [0.3, 0.4) is 0 Å². The number of amides is 1. The normalized spacial score (nSPS) is 45.8. The minimum absolute atomic E-state index is 0.0240. The Morgan fingerprint density at radius 1 is 0.426 bits per heavy atom. The minimum atomic E-state index is -0.405. The van der Waals surface area contributed by atoms with Crippen molar-refractivity contribution in [2.75, 3.05) is 45.3 Å². The maximum Gasteiger partial charge on any atom is 0.220 e. The average molecular weight is 984 g/mol. The molecule has 10 unspecified atom stereocenters. The molecule has 14 heteroatoms. The van der Waals surface area contributed by atoms with Gasteiger partial charge in [-0.1, -0.05) is 123 Å². The van der Waals surface area contributed by atoms with E-state index in [9.17, 15) is 9.59 Å². The topological polar surface area (TPSA) is 138 Å². The van der Waals surface area contributed by atoms with E-state index in [1.165, 1.54) is 18.7 Å². The Labute approximate surface area is 416 Å². The number of ether oxygens (including phenoxy) is 10. The summed E-state index contributed by atoms with van der Waals surface area (Å²) in [5, 5.41) is 2.95. The maximum atomic E-state index is 12.1. The van der Waals surface area contributed by atoms with Crippen LogP contribution in [0.4, 0.5) is 0 Å².